The summed E-state index contributed by atoms with van der Waals surface area (Å²) in [5, 5.41) is 0. The third-order valence-corrected chi connectivity index (χ3v) is 2.81. The van der Waals surface area contributed by atoms with Crippen molar-refractivity contribution in [1.82, 2.24) is 0 Å². The second kappa shape index (κ2) is 6.50. The molecule has 1 aromatic rings. The van der Waals surface area contributed by atoms with E-state index in [1.807, 2.05) is 32.9 Å². The molecular formula is C14H23NO3. The number of benzene rings is 1. The van der Waals surface area contributed by atoms with Gasteiger partial charge in [0.15, 0.2) is 0 Å². The molecule has 0 saturated heterocycles. The van der Waals surface area contributed by atoms with Crippen LogP contribution in [0.2, 0.25) is 0 Å². The van der Waals surface area contributed by atoms with Crippen molar-refractivity contribution in [1.29, 1.82) is 0 Å². The van der Waals surface area contributed by atoms with Crippen molar-refractivity contribution in [2.24, 2.45) is 0 Å². The van der Waals surface area contributed by atoms with Gasteiger partial charge in [-0.3, -0.25) is 0 Å². The highest BCUT2D eigenvalue weighted by Crippen LogP contribution is 2.27. The number of methoxy groups -OCH3 is 1. The third-order valence-electron chi connectivity index (χ3n) is 2.81. The van der Waals surface area contributed by atoms with Gasteiger partial charge in [0, 0.05) is 19.6 Å². The fraction of sp³-hybridized carbons (Fsp3) is 0.571. The van der Waals surface area contributed by atoms with Gasteiger partial charge in [-0.1, -0.05) is 0 Å². The van der Waals surface area contributed by atoms with E-state index in [-0.39, 0.29) is 5.60 Å². The molecule has 4 heteroatoms. The van der Waals surface area contributed by atoms with Crippen LogP contribution in [0.5, 0.6) is 11.5 Å². The van der Waals surface area contributed by atoms with Crippen molar-refractivity contribution in [3.63, 3.8) is 0 Å². The van der Waals surface area contributed by atoms with Crippen molar-refractivity contribution in [3.05, 3.63) is 18.2 Å². The highest BCUT2D eigenvalue weighted by Gasteiger charge is 2.16. The van der Waals surface area contributed by atoms with Crippen LogP contribution >= 0.6 is 0 Å². The number of ether oxygens (including phenoxy) is 3. The molecule has 1 rings (SSSR count). The zero-order valence-electron chi connectivity index (χ0n) is 11.7. The van der Waals surface area contributed by atoms with Gasteiger partial charge < -0.3 is 19.9 Å². The van der Waals surface area contributed by atoms with Crippen molar-refractivity contribution >= 4 is 5.69 Å². The van der Waals surface area contributed by atoms with Crippen LogP contribution in [0.1, 0.15) is 27.2 Å². The number of hydrogen-bond donors (Lipinski definition) is 1. The van der Waals surface area contributed by atoms with Crippen LogP contribution in [-0.4, -0.2) is 25.9 Å². The third kappa shape index (κ3) is 4.45. The number of rotatable bonds is 7. The lowest BCUT2D eigenvalue weighted by Gasteiger charge is -2.22. The van der Waals surface area contributed by atoms with E-state index in [4.69, 9.17) is 19.9 Å². The molecule has 0 unspecified atom stereocenters. The minimum absolute atomic E-state index is 0.170. The molecule has 0 spiro atoms. The average molecular weight is 253 g/mol. The molecule has 0 bridgehead atoms. The highest BCUT2D eigenvalue weighted by molar-refractivity contribution is 5.55. The maximum absolute atomic E-state index is 5.79. The predicted octanol–water partition coefficient (Wildman–Crippen LogP) is 2.86. The van der Waals surface area contributed by atoms with E-state index in [0.717, 1.165) is 12.2 Å². The van der Waals surface area contributed by atoms with Crippen LogP contribution in [0.25, 0.3) is 0 Å². The van der Waals surface area contributed by atoms with Crippen molar-refractivity contribution in [2.75, 3.05) is 26.1 Å². The zero-order valence-corrected chi connectivity index (χ0v) is 11.7. The SMILES string of the molecule is CCOc1cc(OCCC(C)(C)OC)ccc1N. The van der Waals surface area contributed by atoms with E-state index in [9.17, 15) is 0 Å². The van der Waals surface area contributed by atoms with Crippen LogP contribution < -0.4 is 15.2 Å². The highest BCUT2D eigenvalue weighted by atomic mass is 16.5. The van der Waals surface area contributed by atoms with Crippen LogP contribution in [0.15, 0.2) is 18.2 Å². The smallest absolute Gasteiger partial charge is 0.145 e. The molecule has 0 aliphatic rings. The maximum Gasteiger partial charge on any atom is 0.145 e. The van der Waals surface area contributed by atoms with E-state index in [1.54, 1.807) is 13.2 Å². The second-order valence-corrected chi connectivity index (χ2v) is 4.69. The Morgan fingerprint density at radius 3 is 2.56 bits per heavy atom. The lowest BCUT2D eigenvalue weighted by Crippen LogP contribution is -2.25. The average Bonchev–Trinajstić information content (AvgIpc) is 2.33. The normalized spacial score (nSPS) is 11.3. The van der Waals surface area contributed by atoms with Crippen LogP contribution in [0.4, 0.5) is 5.69 Å². The molecule has 18 heavy (non-hydrogen) atoms. The van der Waals surface area contributed by atoms with Gasteiger partial charge in [-0.25, -0.2) is 0 Å². The molecule has 1 aromatic carbocycles. The van der Waals surface area contributed by atoms with E-state index >= 15 is 0 Å². The summed E-state index contributed by atoms with van der Waals surface area (Å²) in [6.45, 7) is 7.17. The fourth-order valence-corrected chi connectivity index (χ4v) is 1.40. The molecule has 2 N–H and O–H groups in total. The Morgan fingerprint density at radius 1 is 1.22 bits per heavy atom. The van der Waals surface area contributed by atoms with Crippen molar-refractivity contribution < 1.29 is 14.2 Å². The molecule has 0 radical (unpaired) electrons. The summed E-state index contributed by atoms with van der Waals surface area (Å²) in [6, 6.07) is 5.46. The topological polar surface area (TPSA) is 53.7 Å². The first-order valence-electron chi connectivity index (χ1n) is 6.19. The summed E-state index contributed by atoms with van der Waals surface area (Å²) in [4.78, 5) is 0. The summed E-state index contributed by atoms with van der Waals surface area (Å²) in [5.41, 5.74) is 6.25. The zero-order chi connectivity index (χ0) is 13.6. The molecule has 0 aliphatic heterocycles. The number of nitrogens with two attached hydrogens (primary N) is 1. The van der Waals surface area contributed by atoms with Crippen LogP contribution in [0, 0.1) is 0 Å². The largest absolute Gasteiger partial charge is 0.493 e. The maximum atomic E-state index is 5.79. The monoisotopic (exact) mass is 253 g/mol. The van der Waals surface area contributed by atoms with E-state index in [2.05, 4.69) is 0 Å². The van der Waals surface area contributed by atoms with Gasteiger partial charge in [-0.2, -0.15) is 0 Å². The van der Waals surface area contributed by atoms with E-state index < -0.39 is 0 Å². The Balaban J connectivity index is 2.55. The van der Waals surface area contributed by atoms with Gasteiger partial charge >= 0.3 is 0 Å². The molecular weight excluding hydrogens is 230 g/mol. The first-order chi connectivity index (χ1) is 8.48. The molecule has 0 aliphatic carbocycles. The molecule has 4 nitrogen and oxygen atoms in total. The first-order valence-corrected chi connectivity index (χ1v) is 6.19. The quantitative estimate of drug-likeness (QED) is 0.759. The van der Waals surface area contributed by atoms with Crippen molar-refractivity contribution in [3.8, 4) is 11.5 Å². The van der Waals surface area contributed by atoms with E-state index in [1.165, 1.54) is 0 Å². The Hall–Kier alpha value is -1.42. The number of hydrogen-bond acceptors (Lipinski definition) is 4. The predicted molar refractivity (Wildman–Crippen MR) is 73.2 cm³/mol. The molecule has 0 aromatic heterocycles. The Morgan fingerprint density at radius 2 is 1.94 bits per heavy atom. The van der Waals surface area contributed by atoms with Crippen LogP contribution in [0.3, 0.4) is 0 Å². The van der Waals surface area contributed by atoms with Crippen LogP contribution in [-0.2, 0) is 4.74 Å². The summed E-state index contributed by atoms with van der Waals surface area (Å²) in [6.07, 6.45) is 0.817. The van der Waals surface area contributed by atoms with Gasteiger partial charge in [-0.05, 0) is 32.9 Å². The van der Waals surface area contributed by atoms with Gasteiger partial charge in [0.2, 0.25) is 0 Å². The van der Waals surface area contributed by atoms with Gasteiger partial charge in [0.05, 0.1) is 24.5 Å². The fourth-order valence-electron chi connectivity index (χ4n) is 1.40. The minimum Gasteiger partial charge on any atom is -0.493 e. The van der Waals surface area contributed by atoms with Gasteiger partial charge in [-0.15, -0.1) is 0 Å². The summed E-state index contributed by atoms with van der Waals surface area (Å²) >= 11 is 0. The molecule has 0 atom stereocenters. The molecule has 0 amide bonds. The molecule has 102 valence electrons. The molecule has 0 heterocycles. The molecule has 0 fully saturated rings. The van der Waals surface area contributed by atoms with Gasteiger partial charge in [0.1, 0.15) is 11.5 Å². The Bertz CT molecular complexity index is 377. The summed E-state index contributed by atoms with van der Waals surface area (Å²) in [7, 11) is 1.70. The second-order valence-electron chi connectivity index (χ2n) is 4.69. The summed E-state index contributed by atoms with van der Waals surface area (Å²) < 4.78 is 16.4. The standard InChI is InChI=1S/C14H23NO3/c1-5-17-13-10-11(6-7-12(13)15)18-9-8-14(2,3)16-4/h6-7,10H,5,8-9,15H2,1-4H3. The summed E-state index contributed by atoms with van der Waals surface area (Å²) in [5.74, 6) is 1.43. The van der Waals surface area contributed by atoms with Gasteiger partial charge in [0.25, 0.3) is 0 Å². The Kier molecular flexibility index (Phi) is 5.28. The number of anilines is 1. The molecule has 0 saturated carbocycles. The Labute approximate surface area is 109 Å². The first kappa shape index (κ1) is 14.6. The lowest BCUT2D eigenvalue weighted by atomic mass is 10.1. The lowest BCUT2D eigenvalue weighted by molar-refractivity contribution is 0.00544. The minimum atomic E-state index is -0.170. The van der Waals surface area contributed by atoms with E-state index in [0.29, 0.717) is 24.7 Å². The van der Waals surface area contributed by atoms with Crippen molar-refractivity contribution in [2.45, 2.75) is 32.8 Å². The number of nitrogen functional groups attached to an aromatic ring is 1.